The molecule has 7 nitrogen and oxygen atoms in total. The average molecular weight is 312 g/mol. The molecule has 0 aliphatic carbocycles. The van der Waals surface area contributed by atoms with Gasteiger partial charge in [0.25, 0.3) is 0 Å². The van der Waals surface area contributed by atoms with Crippen LogP contribution in [-0.2, 0) is 4.74 Å². The zero-order valence-corrected chi connectivity index (χ0v) is 11.0. The first-order chi connectivity index (χ1) is 8.78. The van der Waals surface area contributed by atoms with Gasteiger partial charge in [0.2, 0.25) is 5.82 Å². The van der Waals surface area contributed by atoms with E-state index in [1.54, 1.807) is 10.7 Å². The third-order valence-corrected chi connectivity index (χ3v) is 3.09. The van der Waals surface area contributed by atoms with Crippen LogP contribution in [0, 0.1) is 0 Å². The molecule has 18 heavy (non-hydrogen) atoms. The molecular weight excluding hydrogens is 302 g/mol. The van der Waals surface area contributed by atoms with Crippen LogP contribution in [-0.4, -0.2) is 52.2 Å². The van der Waals surface area contributed by atoms with E-state index in [0.29, 0.717) is 35.6 Å². The molecule has 1 aliphatic heterocycles. The number of aldehydes is 1. The van der Waals surface area contributed by atoms with Crippen LogP contribution in [0.5, 0.6) is 0 Å². The fourth-order valence-electron chi connectivity index (χ4n) is 1.90. The van der Waals surface area contributed by atoms with Crippen molar-refractivity contribution >= 4 is 33.7 Å². The zero-order valence-electron chi connectivity index (χ0n) is 9.41. The molecule has 0 N–H and O–H groups in total. The fourth-order valence-corrected chi connectivity index (χ4v) is 2.26. The number of ether oxygens (including phenoxy) is 1. The summed E-state index contributed by atoms with van der Waals surface area (Å²) in [5.74, 6) is 0.873. The molecule has 0 amide bonds. The first-order valence-corrected chi connectivity index (χ1v) is 6.28. The molecule has 94 valence electrons. The van der Waals surface area contributed by atoms with E-state index in [1.807, 2.05) is 0 Å². The fraction of sp³-hybridized carbons (Fsp3) is 0.400. The van der Waals surface area contributed by atoms with Gasteiger partial charge in [-0.15, -0.1) is 5.10 Å². The van der Waals surface area contributed by atoms with E-state index in [4.69, 9.17) is 4.74 Å². The number of morpholine rings is 1. The minimum Gasteiger partial charge on any atom is -0.378 e. The molecule has 3 rings (SSSR count). The van der Waals surface area contributed by atoms with Gasteiger partial charge in [-0.3, -0.25) is 4.79 Å². The van der Waals surface area contributed by atoms with Crippen molar-refractivity contribution in [1.29, 1.82) is 0 Å². The predicted molar refractivity (Wildman–Crippen MR) is 66.9 cm³/mol. The Labute approximate surface area is 111 Å². The molecule has 0 aromatic carbocycles. The Hall–Kier alpha value is -1.54. The topological polar surface area (TPSA) is 72.6 Å². The van der Waals surface area contributed by atoms with Gasteiger partial charge in [-0.25, -0.2) is 14.5 Å². The van der Waals surface area contributed by atoms with E-state index in [0.717, 1.165) is 13.1 Å². The average Bonchev–Trinajstić information content (AvgIpc) is 2.81. The Morgan fingerprint density at radius 1 is 1.33 bits per heavy atom. The van der Waals surface area contributed by atoms with Crippen molar-refractivity contribution in [1.82, 2.24) is 19.6 Å². The van der Waals surface area contributed by atoms with E-state index in [2.05, 4.69) is 35.9 Å². The highest BCUT2D eigenvalue weighted by molar-refractivity contribution is 9.10. The predicted octanol–water partition coefficient (Wildman–Crippen LogP) is 0.536. The molecule has 0 spiro atoms. The number of aromatic nitrogens is 4. The first kappa shape index (κ1) is 11.5. The largest absolute Gasteiger partial charge is 0.378 e. The van der Waals surface area contributed by atoms with Crippen molar-refractivity contribution in [3.63, 3.8) is 0 Å². The van der Waals surface area contributed by atoms with Gasteiger partial charge in [0.05, 0.1) is 19.4 Å². The van der Waals surface area contributed by atoms with Crippen LogP contribution in [0.3, 0.4) is 0 Å². The molecule has 2 aromatic rings. The second kappa shape index (κ2) is 4.62. The Morgan fingerprint density at radius 2 is 2.11 bits per heavy atom. The highest BCUT2D eigenvalue weighted by Crippen LogP contribution is 2.21. The molecule has 1 aliphatic rings. The quantitative estimate of drug-likeness (QED) is 0.754. The van der Waals surface area contributed by atoms with Crippen molar-refractivity contribution in [2.75, 3.05) is 31.2 Å². The lowest BCUT2D eigenvalue weighted by Gasteiger charge is -2.27. The van der Waals surface area contributed by atoms with Crippen LogP contribution < -0.4 is 4.90 Å². The second-order valence-corrected chi connectivity index (χ2v) is 4.66. The van der Waals surface area contributed by atoms with Gasteiger partial charge in [-0.2, -0.15) is 0 Å². The zero-order chi connectivity index (χ0) is 12.5. The maximum absolute atomic E-state index is 10.7. The van der Waals surface area contributed by atoms with Crippen molar-refractivity contribution in [3.8, 4) is 0 Å². The lowest BCUT2D eigenvalue weighted by atomic mass is 10.4. The van der Waals surface area contributed by atoms with Gasteiger partial charge in [0.1, 0.15) is 4.60 Å². The molecular formula is C10H10BrN5O2. The van der Waals surface area contributed by atoms with Gasteiger partial charge >= 0.3 is 0 Å². The minimum absolute atomic E-state index is 0.157. The number of rotatable bonds is 2. The van der Waals surface area contributed by atoms with Gasteiger partial charge in [-0.1, -0.05) is 0 Å². The van der Waals surface area contributed by atoms with Crippen LogP contribution in [0.1, 0.15) is 10.6 Å². The number of fused-ring (bicyclic) bond motifs is 1. The second-order valence-electron chi connectivity index (χ2n) is 3.84. The van der Waals surface area contributed by atoms with Gasteiger partial charge in [0, 0.05) is 13.1 Å². The summed E-state index contributed by atoms with van der Waals surface area (Å²) in [5, 5.41) is 4.06. The van der Waals surface area contributed by atoms with Crippen molar-refractivity contribution in [2.45, 2.75) is 0 Å². The maximum atomic E-state index is 10.7. The lowest BCUT2D eigenvalue weighted by Crippen LogP contribution is -2.37. The van der Waals surface area contributed by atoms with E-state index >= 15 is 0 Å². The molecule has 8 heteroatoms. The summed E-state index contributed by atoms with van der Waals surface area (Å²) < 4.78 is 7.52. The number of carbonyl (C=O) groups excluding carboxylic acids is 1. The van der Waals surface area contributed by atoms with E-state index < -0.39 is 0 Å². The smallest absolute Gasteiger partial charge is 0.215 e. The molecule has 1 saturated heterocycles. The van der Waals surface area contributed by atoms with Crippen molar-refractivity contribution < 1.29 is 9.53 Å². The molecule has 3 heterocycles. The number of hydrogen-bond donors (Lipinski definition) is 0. The third-order valence-electron chi connectivity index (χ3n) is 2.71. The van der Waals surface area contributed by atoms with Gasteiger partial charge < -0.3 is 9.64 Å². The highest BCUT2D eigenvalue weighted by Gasteiger charge is 2.19. The Morgan fingerprint density at radius 3 is 2.83 bits per heavy atom. The van der Waals surface area contributed by atoms with Crippen LogP contribution >= 0.6 is 15.9 Å². The van der Waals surface area contributed by atoms with Crippen LogP contribution in [0.15, 0.2) is 10.8 Å². The lowest BCUT2D eigenvalue weighted by molar-refractivity contribution is 0.111. The summed E-state index contributed by atoms with van der Waals surface area (Å²) in [6, 6.07) is 0. The van der Waals surface area contributed by atoms with Crippen LogP contribution in [0.2, 0.25) is 0 Å². The van der Waals surface area contributed by atoms with E-state index in [1.165, 1.54) is 0 Å². The Balaban J connectivity index is 2.13. The molecule has 0 bridgehead atoms. The summed E-state index contributed by atoms with van der Waals surface area (Å²) >= 11 is 3.34. The van der Waals surface area contributed by atoms with Crippen molar-refractivity contribution in [2.24, 2.45) is 0 Å². The Kier molecular flexibility index (Phi) is 2.96. The maximum Gasteiger partial charge on any atom is 0.215 e. The van der Waals surface area contributed by atoms with Crippen LogP contribution in [0.25, 0.3) is 5.65 Å². The van der Waals surface area contributed by atoms with E-state index in [-0.39, 0.29) is 5.82 Å². The molecule has 0 unspecified atom stereocenters. The summed E-state index contributed by atoms with van der Waals surface area (Å²) in [6.45, 7) is 2.83. The van der Waals surface area contributed by atoms with Crippen molar-refractivity contribution in [3.05, 3.63) is 16.6 Å². The number of nitrogens with zero attached hydrogens (tertiary/aromatic N) is 5. The SMILES string of the molecule is O=Cc1nc2c(N3CCOCC3)nc(Br)cn2n1. The van der Waals surface area contributed by atoms with E-state index in [9.17, 15) is 4.79 Å². The third kappa shape index (κ3) is 1.97. The minimum atomic E-state index is 0.157. The summed E-state index contributed by atoms with van der Waals surface area (Å²) in [4.78, 5) is 21.4. The molecule has 0 saturated carbocycles. The van der Waals surface area contributed by atoms with Gasteiger partial charge in [-0.05, 0) is 15.9 Å². The summed E-state index contributed by atoms with van der Waals surface area (Å²) in [5.41, 5.74) is 0.585. The Bertz CT molecular complexity index is 593. The van der Waals surface area contributed by atoms with Gasteiger partial charge in [0.15, 0.2) is 17.8 Å². The normalized spacial score (nSPS) is 16.2. The molecule has 0 atom stereocenters. The molecule has 0 radical (unpaired) electrons. The molecule has 2 aromatic heterocycles. The van der Waals surface area contributed by atoms with Crippen LogP contribution in [0.4, 0.5) is 5.82 Å². The number of anilines is 1. The number of carbonyl (C=O) groups is 1. The highest BCUT2D eigenvalue weighted by atomic mass is 79.9. The number of hydrogen-bond acceptors (Lipinski definition) is 6. The monoisotopic (exact) mass is 311 g/mol. The summed E-state index contributed by atoms with van der Waals surface area (Å²) in [6.07, 6.45) is 2.31. The molecule has 1 fully saturated rings. The summed E-state index contributed by atoms with van der Waals surface area (Å²) in [7, 11) is 0. The number of halogens is 1. The standard InChI is InChI=1S/C10H10BrN5O2/c11-7-5-16-10(13-8(6-17)14-16)9(12-7)15-1-3-18-4-2-15/h5-6H,1-4H2. The first-order valence-electron chi connectivity index (χ1n) is 5.49.